The largest absolute Gasteiger partial charge is 0.448 e. The van der Waals surface area contributed by atoms with Crippen LogP contribution < -0.4 is 4.90 Å². The molecular formula is C16H17N3O3S. The lowest BCUT2D eigenvalue weighted by Crippen LogP contribution is -2.61. The maximum atomic E-state index is 12.4. The molecule has 0 radical (unpaired) electrons. The highest BCUT2D eigenvalue weighted by Crippen LogP contribution is 2.43. The van der Waals surface area contributed by atoms with Crippen molar-refractivity contribution in [2.24, 2.45) is 5.92 Å². The van der Waals surface area contributed by atoms with Gasteiger partial charge in [0, 0.05) is 30.1 Å². The Kier molecular flexibility index (Phi) is 2.84. The predicted molar refractivity (Wildman–Crippen MR) is 85.5 cm³/mol. The number of carbonyl (C=O) groups excluding carboxylic acids is 1. The summed E-state index contributed by atoms with van der Waals surface area (Å²) in [5, 5.41) is 2.82. The lowest BCUT2D eigenvalue weighted by Gasteiger charge is -2.49. The molecule has 6 heterocycles. The minimum absolute atomic E-state index is 0.293. The fourth-order valence-electron chi connectivity index (χ4n) is 4.13. The SMILES string of the molecule is O=C1OC2(CN3CCC2CC3)CN1c1cc(-c2nccs2)co1. The van der Waals surface area contributed by atoms with E-state index >= 15 is 0 Å². The van der Waals surface area contributed by atoms with Crippen molar-refractivity contribution in [2.75, 3.05) is 31.1 Å². The van der Waals surface area contributed by atoms with Gasteiger partial charge in [0.1, 0.15) is 16.9 Å². The number of hydrogen-bond acceptors (Lipinski definition) is 6. The Labute approximate surface area is 137 Å². The van der Waals surface area contributed by atoms with Crippen molar-refractivity contribution >= 4 is 23.3 Å². The molecular weight excluding hydrogens is 314 g/mol. The number of fused-ring (bicyclic) bond motifs is 2. The minimum Gasteiger partial charge on any atom is -0.448 e. The Morgan fingerprint density at radius 1 is 1.30 bits per heavy atom. The molecule has 0 saturated carbocycles. The molecule has 2 aromatic rings. The molecule has 0 aromatic carbocycles. The van der Waals surface area contributed by atoms with Gasteiger partial charge >= 0.3 is 6.09 Å². The zero-order chi connectivity index (χ0) is 15.4. The molecule has 0 N–H and O–H groups in total. The van der Waals surface area contributed by atoms with E-state index in [9.17, 15) is 4.79 Å². The van der Waals surface area contributed by atoms with E-state index < -0.39 is 0 Å². The number of aromatic nitrogens is 1. The van der Waals surface area contributed by atoms with Crippen molar-refractivity contribution in [1.29, 1.82) is 0 Å². The lowest BCUT2D eigenvalue weighted by atomic mass is 9.75. The number of carbonyl (C=O) groups is 1. The molecule has 6 nitrogen and oxygen atoms in total. The van der Waals surface area contributed by atoms with E-state index in [0.717, 1.165) is 43.0 Å². The number of piperidine rings is 3. The van der Waals surface area contributed by atoms with Gasteiger partial charge in [-0.15, -0.1) is 11.3 Å². The predicted octanol–water partition coefficient (Wildman–Crippen LogP) is 2.82. The van der Waals surface area contributed by atoms with Crippen LogP contribution in [0.1, 0.15) is 12.8 Å². The number of amides is 1. The molecule has 1 spiro atoms. The molecule has 0 aliphatic carbocycles. The van der Waals surface area contributed by atoms with Crippen molar-refractivity contribution < 1.29 is 13.9 Å². The maximum absolute atomic E-state index is 12.4. The normalized spacial score (nSPS) is 32.7. The summed E-state index contributed by atoms with van der Waals surface area (Å²) in [7, 11) is 0. The minimum atomic E-state index is -0.359. The molecule has 4 aliphatic heterocycles. The smallest absolute Gasteiger partial charge is 0.417 e. The number of furan rings is 1. The van der Waals surface area contributed by atoms with Crippen LogP contribution in [-0.4, -0.2) is 47.8 Å². The number of rotatable bonds is 2. The Balaban J connectivity index is 1.43. The van der Waals surface area contributed by atoms with Gasteiger partial charge in [-0.3, -0.25) is 4.90 Å². The molecule has 6 rings (SSSR count). The summed E-state index contributed by atoms with van der Waals surface area (Å²) in [6.07, 6.45) is 5.36. The van der Waals surface area contributed by atoms with Crippen LogP contribution in [0.25, 0.3) is 10.6 Å². The van der Waals surface area contributed by atoms with Crippen molar-refractivity contribution in [1.82, 2.24) is 9.88 Å². The third kappa shape index (κ3) is 2.03. The second kappa shape index (κ2) is 4.82. The Bertz CT molecular complexity index is 736. The standard InChI is InChI=1S/C16H17N3O3S/c20-15-19(13-7-11(8-21-13)14-17-3-6-23-14)10-16(22-15)9-18-4-1-12(16)2-5-18/h3,6-8,12H,1-2,4-5,9-10H2. The van der Waals surface area contributed by atoms with Crippen LogP contribution in [0.5, 0.6) is 0 Å². The first-order valence-corrected chi connectivity index (χ1v) is 8.83. The third-order valence-electron chi connectivity index (χ3n) is 5.29. The van der Waals surface area contributed by atoms with E-state index in [1.165, 1.54) is 0 Å². The second-order valence-electron chi connectivity index (χ2n) is 6.58. The van der Waals surface area contributed by atoms with E-state index in [1.54, 1.807) is 28.7 Å². The van der Waals surface area contributed by atoms with E-state index in [2.05, 4.69) is 9.88 Å². The number of ether oxygens (including phenoxy) is 1. The quantitative estimate of drug-likeness (QED) is 0.847. The van der Waals surface area contributed by atoms with Crippen LogP contribution in [0, 0.1) is 5.92 Å². The van der Waals surface area contributed by atoms with Crippen LogP contribution in [0.4, 0.5) is 10.7 Å². The molecule has 4 saturated heterocycles. The van der Waals surface area contributed by atoms with Gasteiger partial charge in [0.2, 0.25) is 5.88 Å². The highest BCUT2D eigenvalue weighted by molar-refractivity contribution is 7.13. The highest BCUT2D eigenvalue weighted by Gasteiger charge is 2.56. The second-order valence-corrected chi connectivity index (χ2v) is 7.47. The lowest BCUT2D eigenvalue weighted by molar-refractivity contribution is -0.0881. The third-order valence-corrected chi connectivity index (χ3v) is 6.11. The summed E-state index contributed by atoms with van der Waals surface area (Å²) in [5.41, 5.74) is 0.541. The van der Waals surface area contributed by atoms with Gasteiger partial charge in [-0.2, -0.15) is 0 Å². The van der Waals surface area contributed by atoms with E-state index in [0.29, 0.717) is 18.3 Å². The Hall–Kier alpha value is -1.86. The van der Waals surface area contributed by atoms with Crippen LogP contribution in [0.2, 0.25) is 0 Å². The van der Waals surface area contributed by atoms with Gasteiger partial charge in [-0.05, 0) is 25.9 Å². The fourth-order valence-corrected chi connectivity index (χ4v) is 4.74. The molecule has 1 amide bonds. The van der Waals surface area contributed by atoms with Gasteiger partial charge in [0.15, 0.2) is 0 Å². The van der Waals surface area contributed by atoms with Gasteiger partial charge in [0.05, 0.1) is 12.1 Å². The van der Waals surface area contributed by atoms with Gasteiger partial charge in [0.25, 0.3) is 0 Å². The summed E-state index contributed by atoms with van der Waals surface area (Å²) in [4.78, 5) is 20.7. The fraction of sp³-hybridized carbons (Fsp3) is 0.500. The van der Waals surface area contributed by atoms with Crippen LogP contribution in [0.15, 0.2) is 28.3 Å². The number of anilines is 1. The van der Waals surface area contributed by atoms with Crippen LogP contribution >= 0.6 is 11.3 Å². The average molecular weight is 331 g/mol. The first-order chi connectivity index (χ1) is 11.2. The molecule has 23 heavy (non-hydrogen) atoms. The Morgan fingerprint density at radius 2 is 2.17 bits per heavy atom. The van der Waals surface area contributed by atoms with E-state index in [-0.39, 0.29) is 11.7 Å². The van der Waals surface area contributed by atoms with Crippen molar-refractivity contribution in [3.63, 3.8) is 0 Å². The zero-order valence-corrected chi connectivity index (χ0v) is 13.4. The topological polar surface area (TPSA) is 58.8 Å². The monoisotopic (exact) mass is 331 g/mol. The molecule has 4 aliphatic rings. The summed E-state index contributed by atoms with van der Waals surface area (Å²) < 4.78 is 11.5. The van der Waals surface area contributed by atoms with Gasteiger partial charge in [-0.25, -0.2) is 14.7 Å². The number of nitrogens with zero attached hydrogens (tertiary/aromatic N) is 3. The molecule has 7 heteroatoms. The summed E-state index contributed by atoms with van der Waals surface area (Å²) in [6, 6.07) is 1.88. The van der Waals surface area contributed by atoms with Crippen molar-refractivity contribution in [3.05, 3.63) is 23.9 Å². The zero-order valence-electron chi connectivity index (χ0n) is 12.6. The van der Waals surface area contributed by atoms with E-state index in [4.69, 9.17) is 9.15 Å². The molecule has 120 valence electrons. The van der Waals surface area contributed by atoms with Crippen LogP contribution in [-0.2, 0) is 4.74 Å². The summed E-state index contributed by atoms with van der Waals surface area (Å²) in [5.74, 6) is 1.02. The van der Waals surface area contributed by atoms with E-state index in [1.807, 2.05) is 11.4 Å². The Morgan fingerprint density at radius 3 is 2.87 bits per heavy atom. The molecule has 1 atom stereocenters. The van der Waals surface area contributed by atoms with Crippen LogP contribution in [0.3, 0.4) is 0 Å². The maximum Gasteiger partial charge on any atom is 0.417 e. The van der Waals surface area contributed by atoms with Crippen molar-refractivity contribution in [3.8, 4) is 10.6 Å². The molecule has 2 bridgehead atoms. The molecule has 1 unspecified atom stereocenters. The summed E-state index contributed by atoms with van der Waals surface area (Å²) in [6.45, 7) is 3.68. The molecule has 2 aromatic heterocycles. The number of thiazole rings is 1. The summed E-state index contributed by atoms with van der Waals surface area (Å²) >= 11 is 1.55. The highest BCUT2D eigenvalue weighted by atomic mass is 32.1. The van der Waals surface area contributed by atoms with Crippen molar-refractivity contribution in [2.45, 2.75) is 18.4 Å². The number of hydrogen-bond donors (Lipinski definition) is 0. The molecule has 4 fully saturated rings. The van der Waals surface area contributed by atoms with Gasteiger partial charge < -0.3 is 9.15 Å². The first-order valence-electron chi connectivity index (χ1n) is 7.95. The first kappa shape index (κ1) is 13.6. The van der Waals surface area contributed by atoms with Gasteiger partial charge in [-0.1, -0.05) is 0 Å². The average Bonchev–Trinajstić information content (AvgIpc) is 3.28.